The van der Waals surface area contributed by atoms with Gasteiger partial charge in [-0.1, -0.05) is 55.8 Å². The summed E-state index contributed by atoms with van der Waals surface area (Å²) >= 11 is 0. The van der Waals surface area contributed by atoms with Crippen LogP contribution in [0.5, 0.6) is 0 Å². The van der Waals surface area contributed by atoms with Crippen molar-refractivity contribution < 1.29 is 4.79 Å². The summed E-state index contributed by atoms with van der Waals surface area (Å²) in [5.41, 5.74) is 3.19. The monoisotopic (exact) mass is 240 g/mol. The normalized spacial score (nSPS) is 37.2. The van der Waals surface area contributed by atoms with Gasteiger partial charge in [-0.3, -0.25) is 4.79 Å². The second-order valence-corrected chi connectivity index (χ2v) is 6.58. The number of benzene rings is 1. The van der Waals surface area contributed by atoms with Crippen molar-refractivity contribution in [3.63, 3.8) is 0 Å². The molecular formula is C17H20O. The van der Waals surface area contributed by atoms with Gasteiger partial charge < -0.3 is 0 Å². The SMILES string of the molecule is C[C@@]12CC(=O)C[C@]1(C)CC(=Cc1ccccc1)C2. The molecule has 1 aromatic carbocycles. The molecule has 1 nitrogen and oxygen atoms in total. The number of carbonyl (C=O) groups is 1. The molecule has 2 atom stereocenters. The van der Waals surface area contributed by atoms with E-state index >= 15 is 0 Å². The molecule has 0 aliphatic heterocycles. The van der Waals surface area contributed by atoms with Crippen LogP contribution in [-0.2, 0) is 4.79 Å². The lowest BCUT2D eigenvalue weighted by atomic mass is 9.71. The molecule has 2 aliphatic rings. The van der Waals surface area contributed by atoms with Gasteiger partial charge in [-0.15, -0.1) is 0 Å². The topological polar surface area (TPSA) is 17.1 Å². The first-order valence-electron chi connectivity index (χ1n) is 6.77. The van der Waals surface area contributed by atoms with Crippen LogP contribution in [0.3, 0.4) is 0 Å². The van der Waals surface area contributed by atoms with Crippen molar-refractivity contribution in [1.29, 1.82) is 0 Å². The van der Waals surface area contributed by atoms with Crippen LogP contribution in [0.2, 0.25) is 0 Å². The summed E-state index contributed by atoms with van der Waals surface area (Å²) in [5.74, 6) is 0.457. The van der Waals surface area contributed by atoms with E-state index in [4.69, 9.17) is 0 Å². The minimum absolute atomic E-state index is 0.199. The summed E-state index contributed by atoms with van der Waals surface area (Å²) in [5, 5.41) is 0. The van der Waals surface area contributed by atoms with E-state index in [1.807, 2.05) is 6.07 Å². The highest BCUT2D eigenvalue weighted by Crippen LogP contribution is 2.63. The lowest BCUT2D eigenvalue weighted by Gasteiger charge is -2.32. The van der Waals surface area contributed by atoms with Crippen LogP contribution < -0.4 is 0 Å². The maximum atomic E-state index is 11.7. The molecule has 94 valence electrons. The Morgan fingerprint density at radius 1 is 0.944 bits per heavy atom. The maximum Gasteiger partial charge on any atom is 0.134 e. The average Bonchev–Trinajstić information content (AvgIpc) is 2.62. The Bertz CT molecular complexity index is 490. The summed E-state index contributed by atoms with van der Waals surface area (Å²) < 4.78 is 0. The van der Waals surface area contributed by atoms with E-state index in [1.54, 1.807) is 0 Å². The van der Waals surface area contributed by atoms with Crippen molar-refractivity contribution >= 4 is 11.9 Å². The van der Waals surface area contributed by atoms with E-state index in [0.29, 0.717) is 5.78 Å². The zero-order valence-corrected chi connectivity index (χ0v) is 11.2. The largest absolute Gasteiger partial charge is 0.300 e. The van der Waals surface area contributed by atoms with Crippen LogP contribution in [0.1, 0.15) is 45.1 Å². The fourth-order valence-corrected chi connectivity index (χ4v) is 3.86. The van der Waals surface area contributed by atoms with Gasteiger partial charge in [0.1, 0.15) is 5.78 Å². The van der Waals surface area contributed by atoms with Crippen molar-refractivity contribution in [2.24, 2.45) is 10.8 Å². The first-order valence-corrected chi connectivity index (χ1v) is 6.77. The van der Waals surface area contributed by atoms with Crippen LogP contribution in [0.15, 0.2) is 35.9 Å². The highest BCUT2D eigenvalue weighted by molar-refractivity contribution is 5.83. The number of hydrogen-bond donors (Lipinski definition) is 0. The van der Waals surface area contributed by atoms with Gasteiger partial charge in [0.25, 0.3) is 0 Å². The van der Waals surface area contributed by atoms with E-state index in [-0.39, 0.29) is 10.8 Å². The number of hydrogen-bond acceptors (Lipinski definition) is 1. The Morgan fingerprint density at radius 2 is 1.50 bits per heavy atom. The summed E-state index contributed by atoms with van der Waals surface area (Å²) in [6, 6.07) is 10.5. The second-order valence-electron chi connectivity index (χ2n) is 6.58. The maximum absolute atomic E-state index is 11.7. The van der Waals surface area contributed by atoms with Crippen LogP contribution in [0, 0.1) is 10.8 Å². The van der Waals surface area contributed by atoms with Crippen LogP contribution in [0.25, 0.3) is 6.08 Å². The van der Waals surface area contributed by atoms with Crippen LogP contribution in [-0.4, -0.2) is 5.78 Å². The quantitative estimate of drug-likeness (QED) is 0.717. The molecule has 2 aliphatic carbocycles. The van der Waals surface area contributed by atoms with E-state index in [2.05, 4.69) is 44.2 Å². The van der Waals surface area contributed by atoms with E-state index in [9.17, 15) is 4.79 Å². The smallest absolute Gasteiger partial charge is 0.134 e. The molecule has 0 radical (unpaired) electrons. The Labute approximate surface area is 109 Å². The number of ketones is 1. The molecule has 0 bridgehead atoms. The van der Waals surface area contributed by atoms with Gasteiger partial charge in [0.15, 0.2) is 0 Å². The highest BCUT2D eigenvalue weighted by Gasteiger charge is 2.56. The van der Waals surface area contributed by atoms with Crippen LogP contribution >= 0.6 is 0 Å². The molecule has 1 aromatic rings. The number of allylic oxidation sites excluding steroid dienone is 1. The Morgan fingerprint density at radius 3 is 2.06 bits per heavy atom. The van der Waals surface area contributed by atoms with Gasteiger partial charge in [-0.25, -0.2) is 0 Å². The molecule has 0 amide bonds. The summed E-state index contributed by atoms with van der Waals surface area (Å²) in [6.45, 7) is 4.59. The third kappa shape index (κ3) is 1.73. The van der Waals surface area contributed by atoms with Crippen molar-refractivity contribution in [3.05, 3.63) is 41.5 Å². The Hall–Kier alpha value is -1.37. The lowest BCUT2D eigenvalue weighted by molar-refractivity contribution is -0.118. The van der Waals surface area contributed by atoms with Crippen LogP contribution in [0.4, 0.5) is 0 Å². The summed E-state index contributed by atoms with van der Waals surface area (Å²) in [6.07, 6.45) is 6.04. The van der Waals surface area contributed by atoms with E-state index < -0.39 is 0 Å². The van der Waals surface area contributed by atoms with Gasteiger partial charge >= 0.3 is 0 Å². The average molecular weight is 240 g/mol. The second kappa shape index (κ2) is 3.81. The minimum Gasteiger partial charge on any atom is -0.300 e. The van der Waals surface area contributed by atoms with Crippen molar-refractivity contribution in [3.8, 4) is 0 Å². The number of fused-ring (bicyclic) bond motifs is 1. The third-order valence-electron chi connectivity index (χ3n) is 5.04. The van der Waals surface area contributed by atoms with Gasteiger partial charge in [-0.2, -0.15) is 0 Å². The fourth-order valence-electron chi connectivity index (χ4n) is 3.86. The molecule has 0 aromatic heterocycles. The molecule has 3 rings (SSSR count). The molecule has 0 heterocycles. The summed E-state index contributed by atoms with van der Waals surface area (Å²) in [4.78, 5) is 11.7. The molecule has 2 fully saturated rings. The van der Waals surface area contributed by atoms with Gasteiger partial charge in [0, 0.05) is 12.8 Å². The molecule has 2 saturated carbocycles. The zero-order valence-electron chi connectivity index (χ0n) is 11.2. The van der Waals surface area contributed by atoms with Crippen molar-refractivity contribution in [2.45, 2.75) is 39.5 Å². The fraction of sp³-hybridized carbons (Fsp3) is 0.471. The molecule has 0 saturated heterocycles. The number of Topliss-reactive ketones (excluding diaryl/α,β-unsaturated/α-hetero) is 1. The summed E-state index contributed by atoms with van der Waals surface area (Å²) in [7, 11) is 0. The van der Waals surface area contributed by atoms with Crippen molar-refractivity contribution in [1.82, 2.24) is 0 Å². The predicted molar refractivity (Wildman–Crippen MR) is 74.1 cm³/mol. The standard InChI is InChI=1S/C17H20O/c1-16-9-14(8-13-6-4-3-5-7-13)10-17(16,2)12-15(18)11-16/h3-8H,9-12H2,1-2H3/t16-,17+. The molecule has 0 unspecified atom stereocenters. The van der Waals surface area contributed by atoms with E-state index in [0.717, 1.165) is 25.7 Å². The Balaban J connectivity index is 1.89. The van der Waals surface area contributed by atoms with Gasteiger partial charge in [0.05, 0.1) is 0 Å². The first-order chi connectivity index (χ1) is 8.51. The molecular weight excluding hydrogens is 220 g/mol. The Kier molecular flexibility index (Phi) is 2.48. The zero-order chi connectivity index (χ0) is 12.8. The molecule has 0 spiro atoms. The lowest BCUT2D eigenvalue weighted by Crippen LogP contribution is -2.25. The number of rotatable bonds is 1. The number of carbonyl (C=O) groups excluding carboxylic acids is 1. The van der Waals surface area contributed by atoms with E-state index in [1.165, 1.54) is 11.1 Å². The van der Waals surface area contributed by atoms with Crippen molar-refractivity contribution in [2.75, 3.05) is 0 Å². The molecule has 1 heteroatoms. The minimum atomic E-state index is 0.199. The highest BCUT2D eigenvalue weighted by atomic mass is 16.1. The third-order valence-corrected chi connectivity index (χ3v) is 5.04. The predicted octanol–water partition coefficient (Wildman–Crippen LogP) is 4.24. The van der Waals surface area contributed by atoms with Gasteiger partial charge in [-0.05, 0) is 29.2 Å². The van der Waals surface area contributed by atoms with Gasteiger partial charge in [0.2, 0.25) is 0 Å². The molecule has 18 heavy (non-hydrogen) atoms. The first kappa shape index (κ1) is 11.7. The molecule has 0 N–H and O–H groups in total.